The largest absolute Gasteiger partial charge is 0.444 e. The number of halogens is 2. The van der Waals surface area contributed by atoms with Crippen LogP contribution in [0.2, 0.25) is 0 Å². The summed E-state index contributed by atoms with van der Waals surface area (Å²) < 4.78 is 32.7. The number of carbonyl (C=O) groups is 2. The van der Waals surface area contributed by atoms with Crippen molar-refractivity contribution in [3.63, 3.8) is 0 Å². The number of nitrogens with zero attached hydrogens (tertiary/aromatic N) is 1. The third kappa shape index (κ3) is 5.55. The molecule has 0 bridgehead atoms. The van der Waals surface area contributed by atoms with E-state index in [0.29, 0.717) is 31.3 Å². The molecule has 1 fully saturated rings. The lowest BCUT2D eigenvalue weighted by Crippen LogP contribution is -2.41. The van der Waals surface area contributed by atoms with Crippen molar-refractivity contribution in [3.05, 3.63) is 59.7 Å². The number of aryl methyl sites for hydroxylation is 1. The smallest absolute Gasteiger partial charge is 0.407 e. The normalized spacial score (nSPS) is 16.1. The van der Waals surface area contributed by atoms with E-state index in [1.54, 1.807) is 43.9 Å². The molecule has 2 aromatic carbocycles. The fourth-order valence-corrected chi connectivity index (χ4v) is 4.31. The second kappa shape index (κ2) is 9.44. The Bertz CT molecular complexity index is 1200. The van der Waals surface area contributed by atoms with Crippen LogP contribution in [-0.2, 0) is 16.0 Å². The Labute approximate surface area is 197 Å². The number of carbonyl (C=O) groups excluding carboxylic acids is 2. The van der Waals surface area contributed by atoms with Gasteiger partial charge in [-0.1, -0.05) is 0 Å². The van der Waals surface area contributed by atoms with Crippen LogP contribution in [-0.4, -0.2) is 46.6 Å². The van der Waals surface area contributed by atoms with Gasteiger partial charge < -0.3 is 19.9 Å². The van der Waals surface area contributed by atoms with Gasteiger partial charge in [-0.15, -0.1) is 0 Å². The second-order valence-corrected chi connectivity index (χ2v) is 9.65. The zero-order valence-electron chi connectivity index (χ0n) is 19.6. The van der Waals surface area contributed by atoms with Gasteiger partial charge in [0, 0.05) is 36.1 Å². The summed E-state index contributed by atoms with van der Waals surface area (Å²) in [7, 11) is 0. The predicted octanol–water partition coefficient (Wildman–Crippen LogP) is 5.17. The van der Waals surface area contributed by atoms with Gasteiger partial charge in [0.2, 0.25) is 5.91 Å². The number of aromatic amines is 1. The van der Waals surface area contributed by atoms with Crippen molar-refractivity contribution >= 4 is 22.9 Å². The molecule has 1 aliphatic heterocycles. The molecule has 2 amide bonds. The van der Waals surface area contributed by atoms with Gasteiger partial charge in [-0.25, -0.2) is 13.6 Å². The minimum absolute atomic E-state index is 0.0377. The highest BCUT2D eigenvalue weighted by Crippen LogP contribution is 2.32. The SMILES string of the molecule is CC(C)(C)OC(=O)NC1CCN(C(=O)CCc2c(-c3ccc(F)cc3)[nH]c3ccc(F)cc23)C1. The molecule has 2 heterocycles. The Morgan fingerprint density at radius 3 is 2.53 bits per heavy atom. The van der Waals surface area contributed by atoms with Gasteiger partial charge in [0.1, 0.15) is 17.2 Å². The number of alkyl carbamates (subject to hydrolysis) is 1. The van der Waals surface area contributed by atoms with Crippen LogP contribution in [0.25, 0.3) is 22.2 Å². The number of amides is 2. The van der Waals surface area contributed by atoms with Gasteiger partial charge >= 0.3 is 6.09 Å². The van der Waals surface area contributed by atoms with Crippen LogP contribution in [0.5, 0.6) is 0 Å². The van der Waals surface area contributed by atoms with E-state index >= 15 is 0 Å². The van der Waals surface area contributed by atoms with Crippen molar-refractivity contribution in [1.82, 2.24) is 15.2 Å². The lowest BCUT2D eigenvalue weighted by Gasteiger charge is -2.22. The first kappa shape index (κ1) is 23.7. The first-order valence-corrected chi connectivity index (χ1v) is 11.4. The Morgan fingerprint density at radius 2 is 1.82 bits per heavy atom. The Morgan fingerprint density at radius 1 is 1.12 bits per heavy atom. The van der Waals surface area contributed by atoms with Crippen LogP contribution in [0.3, 0.4) is 0 Å². The predicted molar refractivity (Wildman–Crippen MR) is 126 cm³/mol. The minimum Gasteiger partial charge on any atom is -0.444 e. The lowest BCUT2D eigenvalue weighted by atomic mass is 10.0. The van der Waals surface area contributed by atoms with Crippen LogP contribution in [0, 0.1) is 11.6 Å². The highest BCUT2D eigenvalue weighted by molar-refractivity contribution is 5.91. The number of hydrogen-bond acceptors (Lipinski definition) is 3. The average Bonchev–Trinajstić information content (AvgIpc) is 3.35. The van der Waals surface area contributed by atoms with Gasteiger partial charge in [-0.3, -0.25) is 4.79 Å². The zero-order chi connectivity index (χ0) is 24.5. The molecule has 1 unspecified atom stereocenters. The van der Waals surface area contributed by atoms with E-state index in [1.165, 1.54) is 24.3 Å². The first-order chi connectivity index (χ1) is 16.1. The molecular formula is C26H29F2N3O3. The number of ether oxygens (including phenoxy) is 1. The van der Waals surface area contributed by atoms with Crippen LogP contribution in [0.4, 0.5) is 13.6 Å². The molecule has 6 nitrogen and oxygen atoms in total. The van der Waals surface area contributed by atoms with E-state index in [4.69, 9.17) is 4.74 Å². The number of hydrogen-bond donors (Lipinski definition) is 2. The van der Waals surface area contributed by atoms with Crippen molar-refractivity contribution < 1.29 is 23.1 Å². The topological polar surface area (TPSA) is 74.4 Å². The van der Waals surface area contributed by atoms with Crippen molar-refractivity contribution in [1.29, 1.82) is 0 Å². The maximum Gasteiger partial charge on any atom is 0.407 e. The molecule has 1 saturated heterocycles. The molecule has 1 aromatic heterocycles. The first-order valence-electron chi connectivity index (χ1n) is 11.4. The fraction of sp³-hybridized carbons (Fsp3) is 0.385. The fourth-order valence-electron chi connectivity index (χ4n) is 4.31. The maximum atomic E-state index is 14.0. The van der Waals surface area contributed by atoms with E-state index < -0.39 is 11.7 Å². The molecule has 1 atom stereocenters. The van der Waals surface area contributed by atoms with Crippen molar-refractivity contribution in [2.24, 2.45) is 0 Å². The molecule has 4 rings (SSSR count). The zero-order valence-corrected chi connectivity index (χ0v) is 19.6. The number of H-pyrrole nitrogens is 1. The van der Waals surface area contributed by atoms with E-state index in [0.717, 1.165) is 22.3 Å². The molecule has 3 aromatic rings. The summed E-state index contributed by atoms with van der Waals surface area (Å²) >= 11 is 0. The van der Waals surface area contributed by atoms with Crippen LogP contribution < -0.4 is 5.32 Å². The lowest BCUT2D eigenvalue weighted by molar-refractivity contribution is -0.130. The number of rotatable bonds is 5. The monoisotopic (exact) mass is 469 g/mol. The standard InChI is InChI=1S/C26H29F2N3O3/c1-26(2,3)34-25(33)29-19-12-13-31(15-19)23(32)11-9-20-21-14-18(28)8-10-22(21)30-24(20)16-4-6-17(27)7-5-16/h4-8,10,14,19,30H,9,11-13,15H2,1-3H3,(H,29,33). The number of benzene rings is 2. The molecule has 180 valence electrons. The van der Waals surface area contributed by atoms with Crippen LogP contribution in [0.1, 0.15) is 39.2 Å². The molecule has 0 aliphatic carbocycles. The summed E-state index contributed by atoms with van der Waals surface area (Å²) in [6, 6.07) is 10.4. The summed E-state index contributed by atoms with van der Waals surface area (Å²) in [5, 5.41) is 3.53. The van der Waals surface area contributed by atoms with Gasteiger partial charge in [0.25, 0.3) is 0 Å². The Kier molecular flexibility index (Phi) is 6.59. The van der Waals surface area contributed by atoms with Gasteiger partial charge in [-0.2, -0.15) is 0 Å². The highest BCUT2D eigenvalue weighted by atomic mass is 19.1. The Hall–Kier alpha value is -3.42. The summed E-state index contributed by atoms with van der Waals surface area (Å²) in [6.45, 7) is 6.37. The molecule has 2 N–H and O–H groups in total. The summed E-state index contributed by atoms with van der Waals surface area (Å²) in [5.74, 6) is -0.740. The maximum absolute atomic E-state index is 14.0. The summed E-state index contributed by atoms with van der Waals surface area (Å²) in [6.07, 6.45) is 0.799. The number of likely N-dealkylation sites (tertiary alicyclic amines) is 1. The number of aromatic nitrogens is 1. The molecule has 0 spiro atoms. The van der Waals surface area contributed by atoms with Crippen LogP contribution >= 0.6 is 0 Å². The van der Waals surface area contributed by atoms with E-state index in [9.17, 15) is 18.4 Å². The molecule has 8 heteroatoms. The third-order valence-corrected chi connectivity index (χ3v) is 5.85. The third-order valence-electron chi connectivity index (χ3n) is 5.85. The van der Waals surface area contributed by atoms with E-state index in [2.05, 4.69) is 10.3 Å². The number of nitrogens with one attached hydrogen (secondary N) is 2. The summed E-state index contributed by atoms with van der Waals surface area (Å²) in [4.78, 5) is 30.0. The minimum atomic E-state index is -0.584. The van der Waals surface area contributed by atoms with E-state index in [-0.39, 0.29) is 30.0 Å². The van der Waals surface area contributed by atoms with Crippen molar-refractivity contribution in [3.8, 4) is 11.3 Å². The van der Waals surface area contributed by atoms with Crippen LogP contribution in [0.15, 0.2) is 42.5 Å². The molecule has 34 heavy (non-hydrogen) atoms. The van der Waals surface area contributed by atoms with Gasteiger partial charge in [-0.05, 0) is 87.2 Å². The van der Waals surface area contributed by atoms with E-state index in [1.807, 2.05) is 0 Å². The molecule has 0 saturated carbocycles. The molecule has 0 radical (unpaired) electrons. The quantitative estimate of drug-likeness (QED) is 0.541. The Balaban J connectivity index is 1.45. The average molecular weight is 470 g/mol. The summed E-state index contributed by atoms with van der Waals surface area (Å²) in [5.41, 5.74) is 2.50. The molecule has 1 aliphatic rings. The number of fused-ring (bicyclic) bond motifs is 1. The highest BCUT2D eigenvalue weighted by Gasteiger charge is 2.29. The second-order valence-electron chi connectivity index (χ2n) is 9.65. The van der Waals surface area contributed by atoms with Crippen molar-refractivity contribution in [2.75, 3.05) is 13.1 Å². The van der Waals surface area contributed by atoms with Gasteiger partial charge in [0.15, 0.2) is 0 Å². The van der Waals surface area contributed by atoms with Crippen molar-refractivity contribution in [2.45, 2.75) is 51.7 Å². The molecular weight excluding hydrogens is 440 g/mol. The van der Waals surface area contributed by atoms with Gasteiger partial charge in [0.05, 0.1) is 6.04 Å².